The van der Waals surface area contributed by atoms with Crippen LogP contribution in [-0.4, -0.2) is 44.3 Å². The van der Waals surface area contributed by atoms with Crippen molar-refractivity contribution in [1.82, 2.24) is 5.32 Å². The molecule has 0 aromatic heterocycles. The summed E-state index contributed by atoms with van der Waals surface area (Å²) in [7, 11) is 0. The minimum absolute atomic E-state index is 0.515. The fraction of sp³-hybridized carbons (Fsp3) is 0.182. The summed E-state index contributed by atoms with van der Waals surface area (Å²) in [5, 5.41) is 38.0. The first-order chi connectivity index (χ1) is 8.82. The number of aromatic hydroxyl groups is 2. The number of rotatable bonds is 5. The van der Waals surface area contributed by atoms with Gasteiger partial charge in [0.15, 0.2) is 0 Å². The Morgan fingerprint density at radius 2 is 1.63 bits per heavy atom. The first kappa shape index (κ1) is 14.3. The average molecular weight is 269 g/mol. The molecule has 0 heterocycles. The van der Waals surface area contributed by atoms with Crippen LogP contribution in [0.5, 0.6) is 11.5 Å². The van der Waals surface area contributed by atoms with E-state index in [1.165, 1.54) is 6.07 Å². The van der Waals surface area contributed by atoms with Crippen LogP contribution in [0.25, 0.3) is 0 Å². The summed E-state index contributed by atoms with van der Waals surface area (Å²) in [6.45, 7) is 0. The number of aliphatic carboxylic acids is 2. The van der Waals surface area contributed by atoms with E-state index in [0.717, 1.165) is 12.1 Å². The first-order valence-corrected chi connectivity index (χ1v) is 5.09. The molecular formula is C11H11NO7. The molecule has 102 valence electrons. The number of carbonyl (C=O) groups is 3. The van der Waals surface area contributed by atoms with Gasteiger partial charge < -0.3 is 25.7 Å². The normalized spacial score (nSPS) is 11.6. The number of carboxylic acids is 2. The van der Waals surface area contributed by atoms with Crippen LogP contribution in [0.15, 0.2) is 18.2 Å². The van der Waals surface area contributed by atoms with Crippen molar-refractivity contribution in [3.63, 3.8) is 0 Å². The zero-order valence-electron chi connectivity index (χ0n) is 9.53. The Kier molecular flexibility index (Phi) is 4.30. The molecule has 8 nitrogen and oxygen atoms in total. The quantitative estimate of drug-likeness (QED) is 0.495. The van der Waals surface area contributed by atoms with Crippen LogP contribution in [0.3, 0.4) is 0 Å². The Balaban J connectivity index is 2.94. The van der Waals surface area contributed by atoms with E-state index in [4.69, 9.17) is 10.2 Å². The molecule has 0 unspecified atom stereocenters. The lowest BCUT2D eigenvalue weighted by atomic mass is 10.1. The third-order valence-corrected chi connectivity index (χ3v) is 2.23. The van der Waals surface area contributed by atoms with Gasteiger partial charge in [-0.15, -0.1) is 0 Å². The SMILES string of the molecule is O=C(O)C[C@@H](NC(=O)c1c(O)cccc1O)C(=O)O. The number of benzene rings is 1. The molecule has 19 heavy (non-hydrogen) atoms. The van der Waals surface area contributed by atoms with Gasteiger partial charge in [0.1, 0.15) is 23.1 Å². The number of carbonyl (C=O) groups excluding carboxylic acids is 1. The maximum Gasteiger partial charge on any atom is 0.326 e. The van der Waals surface area contributed by atoms with Crippen molar-refractivity contribution >= 4 is 17.8 Å². The zero-order chi connectivity index (χ0) is 14.6. The fourth-order valence-corrected chi connectivity index (χ4v) is 1.37. The summed E-state index contributed by atoms with van der Waals surface area (Å²) in [5.41, 5.74) is -0.515. The third-order valence-electron chi connectivity index (χ3n) is 2.23. The minimum atomic E-state index is -1.66. The highest BCUT2D eigenvalue weighted by Gasteiger charge is 2.26. The van der Waals surface area contributed by atoms with Crippen LogP contribution >= 0.6 is 0 Å². The zero-order valence-corrected chi connectivity index (χ0v) is 9.53. The van der Waals surface area contributed by atoms with Crippen molar-refractivity contribution in [1.29, 1.82) is 0 Å². The fourth-order valence-electron chi connectivity index (χ4n) is 1.37. The van der Waals surface area contributed by atoms with Crippen molar-refractivity contribution in [2.24, 2.45) is 0 Å². The van der Waals surface area contributed by atoms with E-state index >= 15 is 0 Å². The number of phenolic OH excluding ortho intramolecular Hbond substituents is 2. The molecule has 0 radical (unpaired) electrons. The molecule has 1 aromatic carbocycles. The highest BCUT2D eigenvalue weighted by atomic mass is 16.4. The highest BCUT2D eigenvalue weighted by molar-refractivity contribution is 6.01. The molecule has 0 saturated heterocycles. The second-order valence-electron chi connectivity index (χ2n) is 3.63. The smallest absolute Gasteiger partial charge is 0.326 e. The van der Waals surface area contributed by atoms with E-state index in [1.54, 1.807) is 0 Å². The van der Waals surface area contributed by atoms with E-state index < -0.39 is 47.4 Å². The Labute approximate surface area is 106 Å². The van der Waals surface area contributed by atoms with Crippen molar-refractivity contribution in [2.75, 3.05) is 0 Å². The molecule has 1 atom stereocenters. The van der Waals surface area contributed by atoms with Crippen LogP contribution in [0.4, 0.5) is 0 Å². The second-order valence-corrected chi connectivity index (χ2v) is 3.63. The lowest BCUT2D eigenvalue weighted by Gasteiger charge is -2.13. The Hall–Kier alpha value is -2.77. The molecule has 0 bridgehead atoms. The van der Waals surface area contributed by atoms with E-state index in [9.17, 15) is 24.6 Å². The summed E-state index contributed by atoms with van der Waals surface area (Å²) < 4.78 is 0. The van der Waals surface area contributed by atoms with Crippen LogP contribution in [0.2, 0.25) is 0 Å². The van der Waals surface area contributed by atoms with Crippen LogP contribution in [-0.2, 0) is 9.59 Å². The van der Waals surface area contributed by atoms with Gasteiger partial charge in [-0.3, -0.25) is 9.59 Å². The molecule has 1 amide bonds. The molecule has 0 aliphatic rings. The van der Waals surface area contributed by atoms with Gasteiger partial charge in [0.05, 0.1) is 6.42 Å². The van der Waals surface area contributed by atoms with Crippen LogP contribution in [0, 0.1) is 0 Å². The Bertz CT molecular complexity index is 506. The molecule has 1 aromatic rings. The van der Waals surface area contributed by atoms with Gasteiger partial charge in [0.25, 0.3) is 5.91 Å². The van der Waals surface area contributed by atoms with Crippen molar-refractivity contribution in [3.05, 3.63) is 23.8 Å². The van der Waals surface area contributed by atoms with E-state index in [1.807, 2.05) is 5.32 Å². The lowest BCUT2D eigenvalue weighted by Crippen LogP contribution is -2.42. The van der Waals surface area contributed by atoms with Gasteiger partial charge in [-0.2, -0.15) is 0 Å². The van der Waals surface area contributed by atoms with Crippen molar-refractivity contribution in [2.45, 2.75) is 12.5 Å². The van der Waals surface area contributed by atoms with Gasteiger partial charge >= 0.3 is 11.9 Å². The monoisotopic (exact) mass is 269 g/mol. The van der Waals surface area contributed by atoms with Crippen molar-refractivity contribution < 1.29 is 34.8 Å². The van der Waals surface area contributed by atoms with E-state index in [2.05, 4.69) is 0 Å². The molecule has 0 spiro atoms. The summed E-state index contributed by atoms with van der Waals surface area (Å²) in [5.74, 6) is -5.11. The van der Waals surface area contributed by atoms with Gasteiger partial charge in [0, 0.05) is 0 Å². The van der Waals surface area contributed by atoms with Gasteiger partial charge in [0.2, 0.25) is 0 Å². The molecular weight excluding hydrogens is 258 g/mol. The number of hydrogen-bond donors (Lipinski definition) is 5. The molecule has 0 saturated carbocycles. The van der Waals surface area contributed by atoms with Crippen molar-refractivity contribution in [3.8, 4) is 11.5 Å². The molecule has 5 N–H and O–H groups in total. The molecule has 8 heteroatoms. The number of amides is 1. The lowest BCUT2D eigenvalue weighted by molar-refractivity contribution is -0.145. The average Bonchev–Trinajstić information content (AvgIpc) is 2.27. The number of phenols is 2. The summed E-state index contributed by atoms with van der Waals surface area (Å²) in [6, 6.07) is 1.88. The Morgan fingerprint density at radius 3 is 2.05 bits per heavy atom. The third kappa shape index (κ3) is 3.60. The Morgan fingerprint density at radius 1 is 1.11 bits per heavy atom. The predicted octanol–water partition coefficient (Wildman–Crippen LogP) is -0.245. The maximum absolute atomic E-state index is 11.7. The predicted molar refractivity (Wildman–Crippen MR) is 60.9 cm³/mol. The van der Waals surface area contributed by atoms with Gasteiger partial charge in [-0.25, -0.2) is 4.79 Å². The number of hydrogen-bond acceptors (Lipinski definition) is 5. The first-order valence-electron chi connectivity index (χ1n) is 5.09. The molecule has 1 rings (SSSR count). The van der Waals surface area contributed by atoms with E-state index in [0.29, 0.717) is 0 Å². The minimum Gasteiger partial charge on any atom is -0.507 e. The van der Waals surface area contributed by atoms with E-state index in [-0.39, 0.29) is 0 Å². The van der Waals surface area contributed by atoms with Gasteiger partial charge in [-0.1, -0.05) is 6.07 Å². The maximum atomic E-state index is 11.7. The molecule has 0 aliphatic heterocycles. The highest BCUT2D eigenvalue weighted by Crippen LogP contribution is 2.26. The summed E-state index contributed by atoms with van der Waals surface area (Å²) >= 11 is 0. The number of carboxylic acid groups (broad SMARTS) is 2. The van der Waals surface area contributed by atoms with Crippen LogP contribution < -0.4 is 5.32 Å². The number of nitrogens with one attached hydrogen (secondary N) is 1. The van der Waals surface area contributed by atoms with Gasteiger partial charge in [-0.05, 0) is 12.1 Å². The van der Waals surface area contributed by atoms with Crippen LogP contribution in [0.1, 0.15) is 16.8 Å². The summed E-state index contributed by atoms with van der Waals surface area (Å²) in [6.07, 6.45) is -0.824. The molecule has 0 fully saturated rings. The summed E-state index contributed by atoms with van der Waals surface area (Å²) in [4.78, 5) is 32.9. The topological polar surface area (TPSA) is 144 Å². The standard InChI is InChI=1S/C11H11NO7/c13-6-2-1-3-7(14)9(6)10(17)12-5(11(18)19)4-8(15)16/h1-3,5,13-14H,4H2,(H,12,17)(H,15,16)(H,18,19)/t5-/m1/s1. The largest absolute Gasteiger partial charge is 0.507 e. The second kappa shape index (κ2) is 5.71. The molecule has 0 aliphatic carbocycles.